The Morgan fingerprint density at radius 2 is 2.24 bits per heavy atom. The van der Waals surface area contributed by atoms with Crippen LogP contribution in [-0.2, 0) is 12.3 Å². The Morgan fingerprint density at radius 1 is 1.43 bits per heavy atom. The van der Waals surface area contributed by atoms with Crippen LogP contribution in [0.15, 0.2) is 27.8 Å². The topological polar surface area (TPSA) is 55.6 Å². The molecule has 1 N–H and O–H groups in total. The summed E-state index contributed by atoms with van der Waals surface area (Å²) < 4.78 is 2.79. The molecule has 0 unspecified atom stereocenters. The van der Waals surface area contributed by atoms with Crippen LogP contribution in [0.3, 0.4) is 0 Å². The van der Waals surface area contributed by atoms with Crippen molar-refractivity contribution < 1.29 is 0 Å². The van der Waals surface area contributed by atoms with Crippen molar-refractivity contribution >= 4 is 39.3 Å². The van der Waals surface area contributed by atoms with Crippen LogP contribution in [0.5, 0.6) is 0 Å². The van der Waals surface area contributed by atoms with E-state index >= 15 is 0 Å². The number of hydrogen-bond acceptors (Lipinski definition) is 5. The molecule has 0 spiro atoms. The molecule has 1 heterocycles. The summed E-state index contributed by atoms with van der Waals surface area (Å²) in [6.07, 6.45) is 0. The van der Waals surface area contributed by atoms with E-state index in [1.54, 1.807) is 11.8 Å². The molecule has 0 atom stereocenters. The van der Waals surface area contributed by atoms with E-state index in [9.17, 15) is 0 Å². The van der Waals surface area contributed by atoms with Gasteiger partial charge >= 0.3 is 0 Å². The number of tetrazole rings is 1. The van der Waals surface area contributed by atoms with Crippen LogP contribution in [0.2, 0.25) is 5.02 Å². The van der Waals surface area contributed by atoms with Crippen molar-refractivity contribution in [2.24, 2.45) is 0 Å². The Hall–Kier alpha value is -0.630. The molecule has 2 aromatic rings. The van der Waals surface area contributed by atoms with Crippen molar-refractivity contribution in [2.45, 2.75) is 37.3 Å². The van der Waals surface area contributed by atoms with Crippen molar-refractivity contribution in [3.05, 3.63) is 33.3 Å². The van der Waals surface area contributed by atoms with Crippen LogP contribution in [0.25, 0.3) is 0 Å². The summed E-state index contributed by atoms with van der Waals surface area (Å²) in [5.41, 5.74) is 1.07. The molecule has 0 radical (unpaired) electrons. The molecule has 1 aromatic carbocycles. The van der Waals surface area contributed by atoms with E-state index in [1.807, 2.05) is 22.9 Å². The number of benzene rings is 1. The first-order valence-corrected chi connectivity index (χ1v) is 8.78. The maximum atomic E-state index is 6.22. The van der Waals surface area contributed by atoms with Gasteiger partial charge in [-0.3, -0.25) is 0 Å². The van der Waals surface area contributed by atoms with Gasteiger partial charge in [0, 0.05) is 27.8 Å². The molecule has 5 nitrogen and oxygen atoms in total. The fraction of sp³-hybridized carbons (Fsp3) is 0.462. The summed E-state index contributed by atoms with van der Waals surface area (Å²) in [6.45, 7) is 5.83. The van der Waals surface area contributed by atoms with E-state index in [4.69, 9.17) is 11.6 Å². The normalized spacial score (nSPS) is 11.3. The van der Waals surface area contributed by atoms with E-state index in [2.05, 4.69) is 50.6 Å². The first kappa shape index (κ1) is 16.7. The van der Waals surface area contributed by atoms with Crippen LogP contribution in [0.1, 0.15) is 19.4 Å². The van der Waals surface area contributed by atoms with Gasteiger partial charge in [0.05, 0.1) is 6.54 Å². The largest absolute Gasteiger partial charge is 0.313 e. The molecule has 0 aliphatic rings. The van der Waals surface area contributed by atoms with Crippen LogP contribution in [0.4, 0.5) is 0 Å². The third-order valence-corrected chi connectivity index (χ3v) is 4.60. The zero-order chi connectivity index (χ0) is 15.2. The van der Waals surface area contributed by atoms with Gasteiger partial charge in [0.15, 0.2) is 0 Å². The van der Waals surface area contributed by atoms with Crippen molar-refractivity contribution in [1.29, 1.82) is 0 Å². The SMILES string of the molecule is CC(C)NCCn1nnnc1SCc1ccc(Br)cc1Cl. The fourth-order valence-corrected chi connectivity index (χ4v) is 3.41. The molecule has 0 fully saturated rings. The smallest absolute Gasteiger partial charge is 0.209 e. The molecular weight excluding hydrogens is 374 g/mol. The van der Waals surface area contributed by atoms with Crippen LogP contribution < -0.4 is 5.32 Å². The lowest BCUT2D eigenvalue weighted by Gasteiger charge is -2.09. The summed E-state index contributed by atoms with van der Waals surface area (Å²) >= 11 is 11.2. The molecule has 21 heavy (non-hydrogen) atoms. The lowest BCUT2D eigenvalue weighted by atomic mass is 10.2. The van der Waals surface area contributed by atoms with E-state index in [1.165, 1.54) is 0 Å². The quantitative estimate of drug-likeness (QED) is 0.735. The maximum Gasteiger partial charge on any atom is 0.209 e. The van der Waals surface area contributed by atoms with Gasteiger partial charge in [0.1, 0.15) is 0 Å². The summed E-state index contributed by atoms with van der Waals surface area (Å²) in [6, 6.07) is 6.34. The second-order valence-electron chi connectivity index (χ2n) is 4.82. The Balaban J connectivity index is 1.92. The average molecular weight is 391 g/mol. The zero-order valence-electron chi connectivity index (χ0n) is 11.9. The highest BCUT2D eigenvalue weighted by atomic mass is 79.9. The van der Waals surface area contributed by atoms with E-state index in [-0.39, 0.29) is 0 Å². The molecule has 0 bridgehead atoms. The third-order valence-electron chi connectivity index (χ3n) is 2.75. The van der Waals surface area contributed by atoms with E-state index in [0.29, 0.717) is 6.04 Å². The lowest BCUT2D eigenvalue weighted by molar-refractivity contribution is 0.485. The van der Waals surface area contributed by atoms with E-state index < -0.39 is 0 Å². The minimum Gasteiger partial charge on any atom is -0.313 e. The van der Waals surface area contributed by atoms with Crippen LogP contribution >= 0.6 is 39.3 Å². The average Bonchev–Trinajstić information content (AvgIpc) is 2.85. The van der Waals surface area contributed by atoms with Gasteiger partial charge in [-0.05, 0) is 28.1 Å². The molecule has 0 saturated carbocycles. The van der Waals surface area contributed by atoms with Gasteiger partial charge in [-0.15, -0.1) is 5.10 Å². The monoisotopic (exact) mass is 389 g/mol. The number of rotatable bonds is 7. The Bertz CT molecular complexity index is 590. The second-order valence-corrected chi connectivity index (χ2v) is 7.08. The number of halogens is 2. The predicted octanol–water partition coefficient (Wildman–Crippen LogP) is 3.38. The highest BCUT2D eigenvalue weighted by molar-refractivity contribution is 9.10. The summed E-state index contributed by atoms with van der Waals surface area (Å²) in [5.74, 6) is 0.740. The van der Waals surface area contributed by atoms with Gasteiger partial charge in [-0.1, -0.05) is 59.2 Å². The number of thioether (sulfide) groups is 1. The van der Waals surface area contributed by atoms with Crippen molar-refractivity contribution in [1.82, 2.24) is 25.5 Å². The molecule has 0 aliphatic heterocycles. The van der Waals surface area contributed by atoms with Crippen molar-refractivity contribution in [3.63, 3.8) is 0 Å². The zero-order valence-corrected chi connectivity index (χ0v) is 15.0. The highest BCUT2D eigenvalue weighted by Gasteiger charge is 2.09. The number of nitrogens with one attached hydrogen (secondary N) is 1. The Morgan fingerprint density at radius 3 is 2.95 bits per heavy atom. The maximum absolute atomic E-state index is 6.22. The molecule has 0 saturated heterocycles. The standard InChI is InChI=1S/C13H17BrClN5S/c1-9(2)16-5-6-20-13(17-18-19-20)21-8-10-3-4-11(14)7-12(10)15/h3-4,7,9,16H,5-6,8H2,1-2H3. The summed E-state index contributed by atoms with van der Waals surface area (Å²) in [4.78, 5) is 0. The minimum atomic E-state index is 0.458. The van der Waals surface area contributed by atoms with Crippen molar-refractivity contribution in [2.75, 3.05) is 6.54 Å². The molecule has 114 valence electrons. The fourth-order valence-electron chi connectivity index (χ4n) is 1.68. The van der Waals surface area contributed by atoms with Gasteiger partial charge in [-0.2, -0.15) is 0 Å². The summed E-state index contributed by atoms with van der Waals surface area (Å²) in [7, 11) is 0. The molecule has 0 amide bonds. The summed E-state index contributed by atoms with van der Waals surface area (Å²) in [5, 5.41) is 16.7. The molecule has 0 aliphatic carbocycles. The number of aromatic nitrogens is 4. The second kappa shape index (κ2) is 8.12. The minimum absolute atomic E-state index is 0.458. The number of hydrogen-bond donors (Lipinski definition) is 1. The first-order chi connectivity index (χ1) is 10.1. The molecular formula is C13H17BrClN5S. The number of nitrogens with zero attached hydrogens (tertiary/aromatic N) is 4. The molecule has 2 rings (SSSR count). The third kappa shape index (κ3) is 5.25. The van der Waals surface area contributed by atoms with Gasteiger partial charge < -0.3 is 5.32 Å². The van der Waals surface area contributed by atoms with E-state index in [0.717, 1.165) is 39.1 Å². The molecule has 1 aromatic heterocycles. The Kier molecular flexibility index (Phi) is 6.47. The van der Waals surface area contributed by atoms with Crippen LogP contribution in [0, 0.1) is 0 Å². The van der Waals surface area contributed by atoms with Gasteiger partial charge in [0.2, 0.25) is 5.16 Å². The Labute approximate surface area is 142 Å². The van der Waals surface area contributed by atoms with Gasteiger partial charge in [0.25, 0.3) is 0 Å². The predicted molar refractivity (Wildman–Crippen MR) is 89.7 cm³/mol. The molecule has 8 heteroatoms. The van der Waals surface area contributed by atoms with Crippen LogP contribution in [-0.4, -0.2) is 32.8 Å². The van der Waals surface area contributed by atoms with Crippen molar-refractivity contribution in [3.8, 4) is 0 Å². The lowest BCUT2D eigenvalue weighted by Crippen LogP contribution is -2.27. The first-order valence-electron chi connectivity index (χ1n) is 6.62. The highest BCUT2D eigenvalue weighted by Crippen LogP contribution is 2.27. The van der Waals surface area contributed by atoms with Gasteiger partial charge in [-0.25, -0.2) is 4.68 Å².